The number of phenols is 1. The predicted octanol–water partition coefficient (Wildman–Crippen LogP) is 1.67. The first kappa shape index (κ1) is 9.40. The average Bonchev–Trinajstić information content (AvgIpc) is 2.06. The molecular formula is C9H8AtNO. The number of hydrogen-bond acceptors (Lipinski definition) is 2. The van der Waals surface area contributed by atoms with E-state index in [0.717, 1.165) is 5.39 Å². The second-order valence-electron chi connectivity index (χ2n) is 2.35. The number of benzene rings is 1. The Labute approximate surface area is 89.4 Å². The standard InChI is InChI=1S/C9H7NO.AtH/c11-8-5-1-3-7-4-2-6-10-9(7)8;/h1-6,11H;1H. The maximum absolute atomic E-state index is 9.31. The first-order chi connectivity index (χ1) is 5.38. The van der Waals surface area contributed by atoms with Gasteiger partial charge in [0, 0.05) is 11.6 Å². The van der Waals surface area contributed by atoms with Crippen molar-refractivity contribution in [3.63, 3.8) is 0 Å². The van der Waals surface area contributed by atoms with Crippen molar-refractivity contribution in [2.24, 2.45) is 0 Å². The molecular weight excluding hydrogens is 348 g/mol. The molecule has 0 unspecified atom stereocenters. The number of hydrogen-bond donors (Lipinski definition) is 1. The predicted molar refractivity (Wildman–Crippen MR) is 44.8 cm³/mol. The SMILES string of the molecule is Oc1cccc2cccnc12.[AtH]. The summed E-state index contributed by atoms with van der Waals surface area (Å²) in [7, 11) is 0. The Hall–Kier alpha value is -0.687. The van der Waals surface area contributed by atoms with Crippen LogP contribution in [-0.4, -0.2) is 10.1 Å². The minimum absolute atomic E-state index is 0. The minimum atomic E-state index is 0. The summed E-state index contributed by atoms with van der Waals surface area (Å²) in [5, 5.41) is 10.3. The van der Waals surface area contributed by atoms with Crippen molar-refractivity contribution in [2.75, 3.05) is 0 Å². The van der Waals surface area contributed by atoms with Crippen molar-refractivity contribution in [3.05, 3.63) is 36.5 Å². The van der Waals surface area contributed by atoms with Crippen molar-refractivity contribution in [1.29, 1.82) is 0 Å². The summed E-state index contributed by atoms with van der Waals surface area (Å²) in [6.45, 7) is 0. The topological polar surface area (TPSA) is 33.1 Å². The number of nitrogens with zero attached hydrogens (tertiary/aromatic N) is 1. The third-order valence-corrected chi connectivity index (χ3v) is 1.61. The van der Waals surface area contributed by atoms with E-state index in [2.05, 4.69) is 4.98 Å². The second-order valence-corrected chi connectivity index (χ2v) is 2.35. The molecule has 0 radical (unpaired) electrons. The van der Waals surface area contributed by atoms with Crippen LogP contribution >= 0.6 is 0 Å². The summed E-state index contributed by atoms with van der Waals surface area (Å²) >= 11 is 0. The van der Waals surface area contributed by atoms with Crippen LogP contribution in [0.4, 0.5) is 0 Å². The first-order valence-electron chi connectivity index (χ1n) is 3.40. The zero-order chi connectivity index (χ0) is 7.68. The average molecular weight is 356 g/mol. The van der Waals surface area contributed by atoms with Crippen LogP contribution in [0.1, 0.15) is 0 Å². The van der Waals surface area contributed by atoms with Gasteiger partial charge in [-0.25, -0.2) is 0 Å². The van der Waals surface area contributed by atoms with Gasteiger partial charge in [-0.3, -0.25) is 4.98 Å². The molecule has 1 heterocycles. The van der Waals surface area contributed by atoms with Crippen molar-refractivity contribution in [2.45, 2.75) is 0 Å². The third-order valence-electron chi connectivity index (χ3n) is 1.61. The zero-order valence-corrected chi connectivity index (χ0v) is 9.44. The van der Waals surface area contributed by atoms with Gasteiger partial charge in [0.05, 0.1) is 0 Å². The molecule has 0 saturated carbocycles. The molecule has 1 aromatic carbocycles. The van der Waals surface area contributed by atoms with E-state index in [1.165, 1.54) is 0 Å². The molecule has 1 N–H and O–H groups in total. The molecule has 0 aliphatic heterocycles. The van der Waals surface area contributed by atoms with Gasteiger partial charge in [-0.05, 0) is 12.1 Å². The quantitative estimate of drug-likeness (QED) is 0.779. The molecule has 0 fully saturated rings. The van der Waals surface area contributed by atoms with E-state index >= 15 is 0 Å². The van der Waals surface area contributed by atoms with Crippen LogP contribution in [0.5, 0.6) is 5.75 Å². The number of aromatic nitrogens is 1. The van der Waals surface area contributed by atoms with Gasteiger partial charge in [0.15, 0.2) is 0 Å². The molecule has 0 spiro atoms. The van der Waals surface area contributed by atoms with Crippen molar-refractivity contribution < 1.29 is 31.3 Å². The van der Waals surface area contributed by atoms with E-state index in [-0.39, 0.29) is 32.0 Å². The van der Waals surface area contributed by atoms with Gasteiger partial charge in [-0.1, -0.05) is 18.2 Å². The molecule has 3 heteroatoms. The van der Waals surface area contributed by atoms with Crippen molar-refractivity contribution in [1.82, 2.24) is 4.98 Å². The molecule has 0 amide bonds. The van der Waals surface area contributed by atoms with Crippen LogP contribution in [0.15, 0.2) is 36.5 Å². The molecule has 0 aliphatic carbocycles. The summed E-state index contributed by atoms with van der Waals surface area (Å²) in [6, 6.07) is 9.13. The molecule has 0 bridgehead atoms. The Bertz CT molecular complexity index is 384. The van der Waals surface area contributed by atoms with E-state index in [4.69, 9.17) is 0 Å². The van der Waals surface area contributed by atoms with Crippen LogP contribution in [0.25, 0.3) is 10.9 Å². The molecule has 12 heavy (non-hydrogen) atoms. The second kappa shape index (κ2) is 3.81. The molecule has 2 aromatic rings. The fraction of sp³-hybridized carbons (Fsp3) is 0. The molecule has 0 saturated heterocycles. The van der Waals surface area contributed by atoms with Gasteiger partial charge >= 0.3 is 26.2 Å². The molecule has 0 atom stereocenters. The number of aromatic hydroxyl groups is 1. The molecule has 0 aliphatic rings. The fourth-order valence-electron chi connectivity index (χ4n) is 1.09. The van der Waals surface area contributed by atoms with E-state index in [1.807, 2.05) is 18.2 Å². The van der Waals surface area contributed by atoms with Gasteiger partial charge in [0.25, 0.3) is 0 Å². The fourth-order valence-corrected chi connectivity index (χ4v) is 1.09. The van der Waals surface area contributed by atoms with E-state index in [9.17, 15) is 5.11 Å². The van der Waals surface area contributed by atoms with Crippen molar-refractivity contribution >= 4 is 10.9 Å². The summed E-state index contributed by atoms with van der Waals surface area (Å²) in [6.07, 6.45) is 1.67. The van der Waals surface area contributed by atoms with Crippen LogP contribution in [0.2, 0.25) is 0 Å². The van der Waals surface area contributed by atoms with Gasteiger partial charge in [0.2, 0.25) is 0 Å². The Morgan fingerprint density at radius 1 is 1.08 bits per heavy atom. The normalized spacial score (nSPS) is 9.33. The zero-order valence-electron chi connectivity index (χ0n) is 6.27. The van der Waals surface area contributed by atoms with E-state index in [1.54, 1.807) is 18.3 Å². The Morgan fingerprint density at radius 3 is 2.58 bits per heavy atom. The van der Waals surface area contributed by atoms with Crippen molar-refractivity contribution in [3.8, 4) is 5.75 Å². The van der Waals surface area contributed by atoms with E-state index in [0.29, 0.717) is 5.52 Å². The number of rotatable bonds is 0. The number of pyridine rings is 1. The Kier molecular flexibility index (Phi) is 2.99. The molecule has 2 rings (SSSR count). The van der Waals surface area contributed by atoms with Crippen LogP contribution in [0.3, 0.4) is 0 Å². The van der Waals surface area contributed by atoms with Crippen LogP contribution < -0.4 is 0 Å². The number of phenolic OH excluding ortho intramolecular Hbond substituents is 1. The van der Waals surface area contributed by atoms with Gasteiger partial charge < -0.3 is 5.11 Å². The van der Waals surface area contributed by atoms with Gasteiger partial charge in [-0.15, -0.1) is 0 Å². The monoisotopic (exact) mass is 356 g/mol. The Morgan fingerprint density at radius 2 is 1.83 bits per heavy atom. The van der Waals surface area contributed by atoms with E-state index < -0.39 is 0 Å². The van der Waals surface area contributed by atoms with Crippen LogP contribution in [-0.2, 0) is 0 Å². The van der Waals surface area contributed by atoms with Crippen LogP contribution in [0, 0.1) is 26.2 Å². The molecule has 62 valence electrons. The third kappa shape index (κ3) is 1.56. The summed E-state index contributed by atoms with van der Waals surface area (Å²) in [5.74, 6) is 0.239. The summed E-state index contributed by atoms with van der Waals surface area (Å²) in [5.41, 5.74) is 0.662. The summed E-state index contributed by atoms with van der Waals surface area (Å²) < 4.78 is 0. The maximum atomic E-state index is 9.31. The number of fused-ring (bicyclic) bond motifs is 1. The number of para-hydroxylation sites is 1. The first-order valence-corrected chi connectivity index (χ1v) is 3.40. The summed E-state index contributed by atoms with van der Waals surface area (Å²) in [4.78, 5) is 4.03. The van der Waals surface area contributed by atoms with Gasteiger partial charge in [-0.2, -0.15) is 0 Å². The molecule has 1 aromatic heterocycles. The molecule has 2 nitrogen and oxygen atoms in total. The Balaban J connectivity index is 0.000000720. The van der Waals surface area contributed by atoms with Gasteiger partial charge in [0.1, 0.15) is 11.3 Å².